The summed E-state index contributed by atoms with van der Waals surface area (Å²) in [7, 11) is 0. The molecule has 0 saturated carbocycles. The largest absolute Gasteiger partial charge is 0.403 e. The van der Waals surface area contributed by atoms with Gasteiger partial charge in [-0.3, -0.25) is 5.32 Å². The molecular formula is C7H15N3. The van der Waals surface area contributed by atoms with Gasteiger partial charge in [0.15, 0.2) is 0 Å². The lowest BCUT2D eigenvalue weighted by Gasteiger charge is -2.19. The fourth-order valence-electron chi connectivity index (χ4n) is 1.30. The van der Waals surface area contributed by atoms with Gasteiger partial charge in [-0.25, -0.2) is 0 Å². The van der Waals surface area contributed by atoms with Crippen molar-refractivity contribution in [2.45, 2.75) is 19.5 Å². The lowest BCUT2D eigenvalue weighted by atomic mass is 10.4. The van der Waals surface area contributed by atoms with Gasteiger partial charge in [-0.2, -0.15) is 0 Å². The molecule has 10 heavy (non-hydrogen) atoms. The first-order valence-corrected chi connectivity index (χ1v) is 3.76. The van der Waals surface area contributed by atoms with Crippen molar-refractivity contribution in [1.82, 2.24) is 10.2 Å². The summed E-state index contributed by atoms with van der Waals surface area (Å²) in [4.78, 5) is 2.22. The van der Waals surface area contributed by atoms with Gasteiger partial charge in [0.05, 0.1) is 6.17 Å². The molecule has 3 nitrogen and oxygen atoms in total. The summed E-state index contributed by atoms with van der Waals surface area (Å²) >= 11 is 0. The molecule has 1 aliphatic heterocycles. The lowest BCUT2D eigenvalue weighted by Crippen LogP contribution is -2.31. The van der Waals surface area contributed by atoms with Crippen LogP contribution in [0.1, 0.15) is 13.3 Å². The van der Waals surface area contributed by atoms with Crippen molar-refractivity contribution in [1.29, 1.82) is 0 Å². The normalized spacial score (nSPS) is 26.5. The topological polar surface area (TPSA) is 41.3 Å². The van der Waals surface area contributed by atoms with Gasteiger partial charge in [0, 0.05) is 25.5 Å². The van der Waals surface area contributed by atoms with Gasteiger partial charge >= 0.3 is 0 Å². The van der Waals surface area contributed by atoms with E-state index >= 15 is 0 Å². The first kappa shape index (κ1) is 7.41. The molecule has 58 valence electrons. The van der Waals surface area contributed by atoms with Crippen LogP contribution < -0.4 is 11.1 Å². The van der Waals surface area contributed by atoms with Crippen molar-refractivity contribution in [2.24, 2.45) is 5.73 Å². The molecule has 1 rings (SSSR count). The SMILES string of the molecule is CCC1NCCN1/C=C\N. The molecule has 0 aliphatic carbocycles. The third-order valence-corrected chi connectivity index (χ3v) is 1.81. The summed E-state index contributed by atoms with van der Waals surface area (Å²) in [6, 6.07) is 0. The standard InChI is InChI=1S/C7H15N3/c1-2-7-9-4-6-10(7)5-3-8/h3,5,7,9H,2,4,6,8H2,1H3/b5-3-. The minimum atomic E-state index is 0.500. The smallest absolute Gasteiger partial charge is 0.0789 e. The van der Waals surface area contributed by atoms with Crippen molar-refractivity contribution in [2.75, 3.05) is 13.1 Å². The van der Waals surface area contributed by atoms with Gasteiger partial charge in [-0.05, 0) is 6.42 Å². The van der Waals surface area contributed by atoms with Gasteiger partial charge in [0.1, 0.15) is 0 Å². The summed E-state index contributed by atoms with van der Waals surface area (Å²) in [5.74, 6) is 0. The molecule has 1 aliphatic rings. The molecule has 1 atom stereocenters. The van der Waals surface area contributed by atoms with Gasteiger partial charge in [0.2, 0.25) is 0 Å². The predicted octanol–water partition coefficient (Wildman–Crippen LogP) is 0.0576. The second-order valence-electron chi connectivity index (χ2n) is 2.46. The highest BCUT2D eigenvalue weighted by Crippen LogP contribution is 2.05. The van der Waals surface area contributed by atoms with Crippen molar-refractivity contribution in [3.05, 3.63) is 12.4 Å². The van der Waals surface area contributed by atoms with Crippen molar-refractivity contribution >= 4 is 0 Å². The Labute approximate surface area is 61.9 Å². The number of nitrogens with one attached hydrogen (secondary N) is 1. The molecule has 1 unspecified atom stereocenters. The van der Waals surface area contributed by atoms with Crippen LogP contribution in [0.15, 0.2) is 12.4 Å². The maximum absolute atomic E-state index is 5.28. The van der Waals surface area contributed by atoms with Crippen LogP contribution in [-0.4, -0.2) is 24.2 Å². The van der Waals surface area contributed by atoms with E-state index in [0.717, 1.165) is 19.5 Å². The van der Waals surface area contributed by atoms with Crippen molar-refractivity contribution < 1.29 is 0 Å². The Hall–Kier alpha value is -0.700. The van der Waals surface area contributed by atoms with Crippen LogP contribution in [0.25, 0.3) is 0 Å². The minimum Gasteiger partial charge on any atom is -0.403 e. The Morgan fingerprint density at radius 1 is 1.80 bits per heavy atom. The highest BCUT2D eigenvalue weighted by Gasteiger charge is 2.17. The van der Waals surface area contributed by atoms with Crippen LogP contribution >= 0.6 is 0 Å². The Balaban J connectivity index is 2.41. The molecule has 1 saturated heterocycles. The molecule has 0 bridgehead atoms. The Morgan fingerprint density at radius 3 is 3.20 bits per heavy atom. The van der Waals surface area contributed by atoms with E-state index in [1.807, 2.05) is 6.20 Å². The second-order valence-corrected chi connectivity index (χ2v) is 2.46. The quantitative estimate of drug-likeness (QED) is 0.571. The number of rotatable bonds is 2. The maximum Gasteiger partial charge on any atom is 0.0789 e. The zero-order valence-corrected chi connectivity index (χ0v) is 6.38. The third-order valence-electron chi connectivity index (χ3n) is 1.81. The summed E-state index contributed by atoms with van der Waals surface area (Å²) < 4.78 is 0. The summed E-state index contributed by atoms with van der Waals surface area (Å²) in [5, 5.41) is 3.36. The monoisotopic (exact) mass is 141 g/mol. The summed E-state index contributed by atoms with van der Waals surface area (Å²) in [6.45, 7) is 4.31. The second kappa shape index (κ2) is 3.46. The van der Waals surface area contributed by atoms with E-state index in [4.69, 9.17) is 5.73 Å². The third kappa shape index (κ3) is 1.42. The maximum atomic E-state index is 5.28. The van der Waals surface area contributed by atoms with Crippen LogP contribution in [0.4, 0.5) is 0 Å². The molecule has 0 spiro atoms. The zero-order chi connectivity index (χ0) is 7.40. The first-order chi connectivity index (χ1) is 4.88. The van der Waals surface area contributed by atoms with E-state index in [9.17, 15) is 0 Å². The van der Waals surface area contributed by atoms with E-state index in [2.05, 4.69) is 17.1 Å². The molecule has 3 heteroatoms. The van der Waals surface area contributed by atoms with E-state index in [0.29, 0.717) is 6.17 Å². The highest BCUT2D eigenvalue weighted by molar-refractivity contribution is 4.86. The molecule has 0 aromatic heterocycles. The van der Waals surface area contributed by atoms with E-state index < -0.39 is 0 Å². The number of hydrogen-bond acceptors (Lipinski definition) is 3. The number of nitrogens with two attached hydrogens (primary N) is 1. The fraction of sp³-hybridized carbons (Fsp3) is 0.714. The van der Waals surface area contributed by atoms with Crippen LogP contribution in [-0.2, 0) is 0 Å². The molecule has 1 fully saturated rings. The number of hydrogen-bond donors (Lipinski definition) is 2. The molecule has 0 aromatic carbocycles. The molecular weight excluding hydrogens is 126 g/mol. The fourth-order valence-corrected chi connectivity index (χ4v) is 1.30. The summed E-state index contributed by atoms with van der Waals surface area (Å²) in [6.07, 6.45) is 5.16. The zero-order valence-electron chi connectivity index (χ0n) is 6.38. The van der Waals surface area contributed by atoms with Crippen LogP contribution in [0, 0.1) is 0 Å². The van der Waals surface area contributed by atoms with E-state index in [1.165, 1.54) is 0 Å². The summed E-state index contributed by atoms with van der Waals surface area (Å²) in [5.41, 5.74) is 5.28. The van der Waals surface area contributed by atoms with Crippen molar-refractivity contribution in [3.8, 4) is 0 Å². The Bertz CT molecular complexity index is 122. The molecule has 0 radical (unpaired) electrons. The van der Waals surface area contributed by atoms with Gasteiger partial charge in [-0.15, -0.1) is 0 Å². The number of nitrogens with zero attached hydrogens (tertiary/aromatic N) is 1. The Morgan fingerprint density at radius 2 is 2.60 bits per heavy atom. The first-order valence-electron chi connectivity index (χ1n) is 3.76. The molecule has 1 heterocycles. The van der Waals surface area contributed by atoms with Crippen LogP contribution in [0.2, 0.25) is 0 Å². The van der Waals surface area contributed by atoms with Gasteiger partial charge in [0.25, 0.3) is 0 Å². The van der Waals surface area contributed by atoms with Crippen LogP contribution in [0.3, 0.4) is 0 Å². The van der Waals surface area contributed by atoms with Crippen LogP contribution in [0.5, 0.6) is 0 Å². The molecule has 3 N–H and O–H groups in total. The van der Waals surface area contributed by atoms with Gasteiger partial charge < -0.3 is 10.6 Å². The average Bonchev–Trinajstić information content (AvgIpc) is 2.36. The average molecular weight is 141 g/mol. The Kier molecular flexibility index (Phi) is 2.57. The predicted molar refractivity (Wildman–Crippen MR) is 42.1 cm³/mol. The van der Waals surface area contributed by atoms with Gasteiger partial charge in [-0.1, -0.05) is 6.92 Å². The van der Waals surface area contributed by atoms with Crippen molar-refractivity contribution in [3.63, 3.8) is 0 Å². The van der Waals surface area contributed by atoms with E-state index in [1.54, 1.807) is 6.20 Å². The van der Waals surface area contributed by atoms with E-state index in [-0.39, 0.29) is 0 Å². The molecule has 0 amide bonds. The highest BCUT2D eigenvalue weighted by atomic mass is 15.3. The lowest BCUT2D eigenvalue weighted by molar-refractivity contribution is 0.321. The molecule has 0 aromatic rings. The minimum absolute atomic E-state index is 0.500.